The number of ether oxygens (including phenoxy) is 1. The average Bonchev–Trinajstić information content (AvgIpc) is 2.68. The number of aromatic nitrogens is 1. The molecule has 1 saturated carbocycles. The first kappa shape index (κ1) is 22.1. The van der Waals surface area contributed by atoms with Gasteiger partial charge in [0.1, 0.15) is 17.9 Å². The summed E-state index contributed by atoms with van der Waals surface area (Å²) in [6, 6.07) is 7.56. The van der Waals surface area contributed by atoms with Crippen molar-refractivity contribution in [1.82, 2.24) is 9.88 Å². The van der Waals surface area contributed by atoms with E-state index in [0.29, 0.717) is 25.0 Å². The second kappa shape index (κ2) is 9.47. The van der Waals surface area contributed by atoms with Crippen molar-refractivity contribution in [2.24, 2.45) is 0 Å². The number of hydrogen-bond donors (Lipinski definition) is 2. The molecule has 1 heterocycles. The quantitative estimate of drug-likeness (QED) is 0.762. The first-order valence-electron chi connectivity index (χ1n) is 10.7. The Balaban J connectivity index is 1.70. The SMILES string of the molecule is Cc1cccc(C)c1OCC(C)NC(=O)c1c(C)ccn(C2CCC(O)CC2)c1=O. The van der Waals surface area contributed by atoms with Gasteiger partial charge in [-0.05, 0) is 76.1 Å². The number of aliphatic hydroxyl groups excluding tert-OH is 1. The van der Waals surface area contributed by atoms with Gasteiger partial charge >= 0.3 is 0 Å². The fraction of sp³-hybridized carbons (Fsp3) is 0.500. The van der Waals surface area contributed by atoms with E-state index in [4.69, 9.17) is 4.74 Å². The van der Waals surface area contributed by atoms with Crippen molar-refractivity contribution in [3.8, 4) is 5.75 Å². The lowest BCUT2D eigenvalue weighted by molar-refractivity contribution is 0.0920. The van der Waals surface area contributed by atoms with E-state index in [1.807, 2.05) is 45.0 Å². The van der Waals surface area contributed by atoms with Gasteiger partial charge in [-0.15, -0.1) is 0 Å². The van der Waals surface area contributed by atoms with Gasteiger partial charge in [-0.2, -0.15) is 0 Å². The summed E-state index contributed by atoms with van der Waals surface area (Å²) in [6.07, 6.45) is 4.32. The van der Waals surface area contributed by atoms with Gasteiger partial charge in [0, 0.05) is 12.2 Å². The Morgan fingerprint density at radius 1 is 1.13 bits per heavy atom. The van der Waals surface area contributed by atoms with Crippen molar-refractivity contribution in [3.05, 3.63) is 63.1 Å². The third kappa shape index (κ3) is 4.93. The van der Waals surface area contributed by atoms with Crippen LogP contribution < -0.4 is 15.6 Å². The highest BCUT2D eigenvalue weighted by molar-refractivity contribution is 5.95. The van der Waals surface area contributed by atoms with Crippen LogP contribution in [0.15, 0.2) is 35.3 Å². The maximum atomic E-state index is 13.1. The number of benzene rings is 1. The van der Waals surface area contributed by atoms with Crippen molar-refractivity contribution in [2.75, 3.05) is 6.61 Å². The first-order chi connectivity index (χ1) is 14.3. The summed E-state index contributed by atoms with van der Waals surface area (Å²) in [5, 5.41) is 12.6. The third-order valence-corrected chi connectivity index (χ3v) is 5.88. The summed E-state index contributed by atoms with van der Waals surface area (Å²) >= 11 is 0. The number of nitrogens with zero attached hydrogens (tertiary/aromatic N) is 1. The van der Waals surface area contributed by atoms with Gasteiger partial charge < -0.3 is 19.7 Å². The van der Waals surface area contributed by atoms with Crippen LogP contribution in [0, 0.1) is 20.8 Å². The highest BCUT2D eigenvalue weighted by Crippen LogP contribution is 2.27. The Hall–Kier alpha value is -2.60. The van der Waals surface area contributed by atoms with Crippen molar-refractivity contribution >= 4 is 5.91 Å². The highest BCUT2D eigenvalue weighted by Gasteiger charge is 2.24. The van der Waals surface area contributed by atoms with Gasteiger partial charge in [-0.25, -0.2) is 0 Å². The molecule has 1 aliphatic rings. The fourth-order valence-electron chi connectivity index (χ4n) is 4.11. The Labute approximate surface area is 177 Å². The van der Waals surface area contributed by atoms with Crippen LogP contribution in [-0.4, -0.2) is 34.3 Å². The van der Waals surface area contributed by atoms with Gasteiger partial charge in [0.25, 0.3) is 11.5 Å². The van der Waals surface area contributed by atoms with Gasteiger partial charge in [0.05, 0.1) is 12.1 Å². The van der Waals surface area contributed by atoms with Crippen molar-refractivity contribution in [2.45, 2.75) is 71.6 Å². The highest BCUT2D eigenvalue weighted by atomic mass is 16.5. The summed E-state index contributed by atoms with van der Waals surface area (Å²) in [4.78, 5) is 26.0. The topological polar surface area (TPSA) is 80.6 Å². The molecule has 1 amide bonds. The minimum atomic E-state index is -0.375. The molecular weight excluding hydrogens is 380 g/mol. The van der Waals surface area contributed by atoms with E-state index in [1.165, 1.54) is 0 Å². The van der Waals surface area contributed by atoms with Crippen LogP contribution in [0.25, 0.3) is 0 Å². The van der Waals surface area contributed by atoms with Crippen molar-refractivity contribution in [3.63, 3.8) is 0 Å². The van der Waals surface area contributed by atoms with E-state index in [0.717, 1.165) is 29.7 Å². The zero-order chi connectivity index (χ0) is 21.8. The maximum absolute atomic E-state index is 13.1. The minimum Gasteiger partial charge on any atom is -0.491 e. The third-order valence-electron chi connectivity index (χ3n) is 5.88. The normalized spacial score (nSPS) is 19.9. The summed E-state index contributed by atoms with van der Waals surface area (Å²) < 4.78 is 7.59. The zero-order valence-corrected chi connectivity index (χ0v) is 18.3. The second-order valence-corrected chi connectivity index (χ2v) is 8.45. The van der Waals surface area contributed by atoms with Crippen molar-refractivity contribution in [1.29, 1.82) is 0 Å². The predicted molar refractivity (Wildman–Crippen MR) is 117 cm³/mol. The van der Waals surface area contributed by atoms with E-state index in [-0.39, 0.29) is 35.2 Å². The van der Waals surface area contributed by atoms with Crippen molar-refractivity contribution < 1.29 is 14.6 Å². The molecule has 162 valence electrons. The molecule has 0 bridgehead atoms. The van der Waals surface area contributed by atoms with Crippen LogP contribution in [0.4, 0.5) is 0 Å². The number of para-hydroxylation sites is 1. The molecule has 0 saturated heterocycles. The second-order valence-electron chi connectivity index (χ2n) is 8.45. The molecule has 6 nitrogen and oxygen atoms in total. The van der Waals surface area contributed by atoms with Crippen LogP contribution in [0.2, 0.25) is 0 Å². The molecule has 0 radical (unpaired) electrons. The first-order valence-corrected chi connectivity index (χ1v) is 10.7. The molecule has 3 rings (SSSR count). The van der Waals surface area contributed by atoms with E-state index >= 15 is 0 Å². The number of pyridine rings is 1. The molecule has 0 aliphatic heterocycles. The maximum Gasteiger partial charge on any atom is 0.263 e. The van der Waals surface area contributed by atoms with E-state index in [1.54, 1.807) is 17.7 Å². The van der Waals surface area contributed by atoms with E-state index in [9.17, 15) is 14.7 Å². The molecule has 2 N–H and O–H groups in total. The lowest BCUT2D eigenvalue weighted by atomic mass is 9.92. The standard InChI is InChI=1S/C24H32N2O4/c1-15-12-13-26(19-8-10-20(27)11-9-19)24(29)21(15)23(28)25-18(4)14-30-22-16(2)6-5-7-17(22)3/h5-7,12-13,18-20,27H,8-11,14H2,1-4H3,(H,25,28). The number of carbonyl (C=O) groups excluding carboxylic acids is 1. The number of hydrogen-bond acceptors (Lipinski definition) is 4. The molecule has 2 aromatic rings. The number of aliphatic hydroxyl groups is 1. The number of aryl methyl sites for hydroxylation is 3. The van der Waals surface area contributed by atoms with Crippen LogP contribution in [0.1, 0.15) is 65.7 Å². The molecular formula is C24H32N2O4. The smallest absolute Gasteiger partial charge is 0.263 e. The molecule has 1 aromatic carbocycles. The molecule has 1 unspecified atom stereocenters. The van der Waals surface area contributed by atoms with Gasteiger partial charge in [-0.3, -0.25) is 9.59 Å². The lowest BCUT2D eigenvalue weighted by Crippen LogP contribution is -2.41. The predicted octanol–water partition coefficient (Wildman–Crippen LogP) is 3.45. The Morgan fingerprint density at radius 2 is 1.77 bits per heavy atom. The number of amides is 1. The minimum absolute atomic E-state index is 0.0258. The molecule has 30 heavy (non-hydrogen) atoms. The van der Waals surface area contributed by atoms with E-state index < -0.39 is 0 Å². The Kier molecular flexibility index (Phi) is 6.98. The number of nitrogens with one attached hydrogen (secondary N) is 1. The summed E-state index contributed by atoms with van der Waals surface area (Å²) in [7, 11) is 0. The monoisotopic (exact) mass is 412 g/mol. The molecule has 1 aromatic heterocycles. The Bertz CT molecular complexity index is 938. The number of rotatable bonds is 6. The average molecular weight is 413 g/mol. The molecule has 1 aliphatic carbocycles. The molecule has 6 heteroatoms. The molecule has 1 atom stereocenters. The van der Waals surface area contributed by atoms with E-state index in [2.05, 4.69) is 5.32 Å². The zero-order valence-electron chi connectivity index (χ0n) is 18.3. The summed E-state index contributed by atoms with van der Waals surface area (Å²) in [5.74, 6) is 0.455. The fourth-order valence-corrected chi connectivity index (χ4v) is 4.11. The van der Waals surface area contributed by atoms with Crippen LogP contribution >= 0.6 is 0 Å². The summed E-state index contributed by atoms with van der Waals surface area (Å²) in [5.41, 5.74) is 2.67. The van der Waals surface area contributed by atoms with Crippen LogP contribution in [0.5, 0.6) is 5.75 Å². The van der Waals surface area contributed by atoms with Crippen LogP contribution in [-0.2, 0) is 0 Å². The van der Waals surface area contributed by atoms with Gasteiger partial charge in [0.15, 0.2) is 0 Å². The van der Waals surface area contributed by atoms with Gasteiger partial charge in [0.2, 0.25) is 0 Å². The largest absolute Gasteiger partial charge is 0.491 e. The molecule has 1 fully saturated rings. The van der Waals surface area contributed by atoms with Crippen LogP contribution in [0.3, 0.4) is 0 Å². The lowest BCUT2D eigenvalue weighted by Gasteiger charge is -2.27. The number of carbonyl (C=O) groups is 1. The molecule has 0 spiro atoms. The summed E-state index contributed by atoms with van der Waals surface area (Å²) in [6.45, 7) is 7.95. The Morgan fingerprint density at radius 3 is 2.40 bits per heavy atom. The van der Waals surface area contributed by atoms with Gasteiger partial charge in [-0.1, -0.05) is 18.2 Å².